The zero-order chi connectivity index (χ0) is 13.5. The predicted molar refractivity (Wildman–Crippen MR) is 66.0 cm³/mol. The standard InChI is InChI=1S/C13H18FNO3/c1-9-4-3-5-11(12(9)14)13(17)15-10(6-7-16)8-18-2/h3-5,10,16H,6-8H2,1-2H3,(H,15,17). The summed E-state index contributed by atoms with van der Waals surface area (Å²) in [5.41, 5.74) is 0.433. The topological polar surface area (TPSA) is 58.6 Å². The van der Waals surface area contributed by atoms with Crippen LogP contribution in [0.25, 0.3) is 0 Å². The van der Waals surface area contributed by atoms with Crippen molar-refractivity contribution in [2.45, 2.75) is 19.4 Å². The van der Waals surface area contributed by atoms with Gasteiger partial charge in [0.2, 0.25) is 0 Å². The lowest BCUT2D eigenvalue weighted by Crippen LogP contribution is -2.39. The van der Waals surface area contributed by atoms with Crippen molar-refractivity contribution in [3.63, 3.8) is 0 Å². The fraction of sp³-hybridized carbons (Fsp3) is 0.462. The second kappa shape index (κ2) is 7.08. The summed E-state index contributed by atoms with van der Waals surface area (Å²) in [6.45, 7) is 1.82. The minimum Gasteiger partial charge on any atom is -0.396 e. The van der Waals surface area contributed by atoms with Gasteiger partial charge >= 0.3 is 0 Å². The van der Waals surface area contributed by atoms with Crippen molar-refractivity contribution < 1.29 is 19.0 Å². The Labute approximate surface area is 106 Å². The Hall–Kier alpha value is -1.46. The fourth-order valence-electron chi connectivity index (χ4n) is 1.64. The lowest BCUT2D eigenvalue weighted by Gasteiger charge is -2.17. The molecule has 1 aromatic rings. The molecule has 0 aliphatic carbocycles. The Bertz CT molecular complexity index is 403. The van der Waals surface area contributed by atoms with Gasteiger partial charge < -0.3 is 15.2 Å². The smallest absolute Gasteiger partial charge is 0.254 e. The Balaban J connectivity index is 2.77. The lowest BCUT2D eigenvalue weighted by atomic mass is 10.1. The molecule has 0 heterocycles. The van der Waals surface area contributed by atoms with E-state index in [1.165, 1.54) is 13.2 Å². The number of carbonyl (C=O) groups excluding carboxylic acids is 1. The van der Waals surface area contributed by atoms with E-state index in [1.807, 2.05) is 0 Å². The molecule has 5 heteroatoms. The molecular formula is C13H18FNO3. The summed E-state index contributed by atoms with van der Waals surface area (Å²) < 4.78 is 18.7. The van der Waals surface area contributed by atoms with Crippen LogP contribution in [0, 0.1) is 12.7 Å². The van der Waals surface area contributed by atoms with Crippen molar-refractivity contribution in [3.8, 4) is 0 Å². The van der Waals surface area contributed by atoms with Crippen molar-refractivity contribution in [2.75, 3.05) is 20.3 Å². The average molecular weight is 255 g/mol. The van der Waals surface area contributed by atoms with Crippen LogP contribution in [-0.2, 0) is 4.74 Å². The van der Waals surface area contributed by atoms with Crippen molar-refractivity contribution in [1.29, 1.82) is 0 Å². The molecule has 2 N–H and O–H groups in total. The molecule has 0 aromatic heterocycles. The number of nitrogens with one attached hydrogen (secondary N) is 1. The molecule has 0 radical (unpaired) electrons. The largest absolute Gasteiger partial charge is 0.396 e. The third kappa shape index (κ3) is 3.78. The molecule has 1 amide bonds. The summed E-state index contributed by atoms with van der Waals surface area (Å²) in [7, 11) is 1.50. The number of halogens is 1. The number of carbonyl (C=O) groups is 1. The number of benzene rings is 1. The summed E-state index contributed by atoms with van der Waals surface area (Å²) >= 11 is 0. The molecule has 18 heavy (non-hydrogen) atoms. The van der Waals surface area contributed by atoms with E-state index in [9.17, 15) is 9.18 Å². The second-order valence-corrected chi connectivity index (χ2v) is 4.07. The van der Waals surface area contributed by atoms with Gasteiger partial charge in [-0.25, -0.2) is 4.39 Å². The number of ether oxygens (including phenoxy) is 1. The highest BCUT2D eigenvalue weighted by molar-refractivity contribution is 5.94. The van der Waals surface area contributed by atoms with Crippen LogP contribution in [0.15, 0.2) is 18.2 Å². The van der Waals surface area contributed by atoms with E-state index in [2.05, 4.69) is 5.32 Å². The first kappa shape index (κ1) is 14.6. The highest BCUT2D eigenvalue weighted by Gasteiger charge is 2.17. The van der Waals surface area contributed by atoms with Gasteiger partial charge in [0, 0.05) is 13.7 Å². The molecule has 4 nitrogen and oxygen atoms in total. The van der Waals surface area contributed by atoms with E-state index in [0.29, 0.717) is 12.0 Å². The van der Waals surface area contributed by atoms with Crippen LogP contribution in [0.1, 0.15) is 22.3 Å². The number of aliphatic hydroxyl groups is 1. The maximum absolute atomic E-state index is 13.7. The lowest BCUT2D eigenvalue weighted by molar-refractivity contribution is 0.0874. The van der Waals surface area contributed by atoms with Crippen molar-refractivity contribution in [3.05, 3.63) is 35.1 Å². The van der Waals surface area contributed by atoms with Crippen LogP contribution in [0.3, 0.4) is 0 Å². The predicted octanol–water partition coefficient (Wildman–Crippen LogP) is 1.26. The molecule has 0 bridgehead atoms. The van der Waals surface area contributed by atoms with Crippen LogP contribution >= 0.6 is 0 Å². The number of amides is 1. The van der Waals surface area contributed by atoms with E-state index in [-0.39, 0.29) is 24.8 Å². The van der Waals surface area contributed by atoms with Gasteiger partial charge in [-0.1, -0.05) is 12.1 Å². The molecule has 1 atom stereocenters. The molecule has 0 saturated carbocycles. The first-order chi connectivity index (χ1) is 8.60. The third-order valence-corrected chi connectivity index (χ3v) is 2.62. The highest BCUT2D eigenvalue weighted by atomic mass is 19.1. The van der Waals surface area contributed by atoms with Gasteiger partial charge in [-0.15, -0.1) is 0 Å². The molecule has 1 aromatic carbocycles. The number of aryl methyl sites for hydroxylation is 1. The van der Waals surface area contributed by atoms with E-state index in [1.54, 1.807) is 19.1 Å². The zero-order valence-electron chi connectivity index (χ0n) is 10.6. The van der Waals surface area contributed by atoms with Gasteiger partial charge in [0.05, 0.1) is 18.2 Å². The normalized spacial score (nSPS) is 12.2. The SMILES string of the molecule is COCC(CCO)NC(=O)c1cccc(C)c1F. The first-order valence-corrected chi connectivity index (χ1v) is 5.76. The molecule has 0 fully saturated rings. The Morgan fingerprint density at radius 1 is 1.56 bits per heavy atom. The average Bonchev–Trinajstić information content (AvgIpc) is 2.33. The monoisotopic (exact) mass is 255 g/mol. The quantitative estimate of drug-likeness (QED) is 0.804. The maximum Gasteiger partial charge on any atom is 0.254 e. The first-order valence-electron chi connectivity index (χ1n) is 5.76. The van der Waals surface area contributed by atoms with E-state index < -0.39 is 11.7 Å². The molecule has 100 valence electrons. The van der Waals surface area contributed by atoms with Crippen molar-refractivity contribution in [1.82, 2.24) is 5.32 Å². The van der Waals surface area contributed by atoms with Crippen LogP contribution in [-0.4, -0.2) is 37.4 Å². The van der Waals surface area contributed by atoms with Gasteiger partial charge in [-0.3, -0.25) is 4.79 Å². The van der Waals surface area contributed by atoms with Crippen LogP contribution in [0.5, 0.6) is 0 Å². The van der Waals surface area contributed by atoms with Gasteiger partial charge in [0.15, 0.2) is 0 Å². The fourth-order valence-corrected chi connectivity index (χ4v) is 1.64. The second-order valence-electron chi connectivity index (χ2n) is 4.07. The van der Waals surface area contributed by atoms with Crippen LogP contribution < -0.4 is 5.32 Å². The molecule has 0 aliphatic heterocycles. The third-order valence-electron chi connectivity index (χ3n) is 2.62. The summed E-state index contributed by atoms with van der Waals surface area (Å²) in [5, 5.41) is 11.5. The molecule has 0 spiro atoms. The number of aliphatic hydroxyl groups excluding tert-OH is 1. The molecule has 0 saturated heterocycles. The van der Waals surface area contributed by atoms with Gasteiger partial charge in [0.25, 0.3) is 5.91 Å². The van der Waals surface area contributed by atoms with Gasteiger partial charge in [0.1, 0.15) is 5.82 Å². The number of hydrogen-bond donors (Lipinski definition) is 2. The van der Waals surface area contributed by atoms with Crippen molar-refractivity contribution in [2.24, 2.45) is 0 Å². The summed E-state index contributed by atoms with van der Waals surface area (Å²) in [4.78, 5) is 11.9. The Morgan fingerprint density at radius 2 is 2.28 bits per heavy atom. The molecule has 0 aliphatic rings. The van der Waals surface area contributed by atoms with Crippen LogP contribution in [0.2, 0.25) is 0 Å². The maximum atomic E-state index is 13.7. The Kier molecular flexibility index (Phi) is 5.74. The number of rotatable bonds is 6. The summed E-state index contributed by atoms with van der Waals surface area (Å²) in [6.07, 6.45) is 0.368. The summed E-state index contributed by atoms with van der Waals surface area (Å²) in [6, 6.07) is 4.34. The van der Waals surface area contributed by atoms with Crippen molar-refractivity contribution >= 4 is 5.91 Å². The highest BCUT2D eigenvalue weighted by Crippen LogP contribution is 2.12. The van der Waals surface area contributed by atoms with Gasteiger partial charge in [-0.05, 0) is 25.0 Å². The minimum atomic E-state index is -0.518. The van der Waals surface area contributed by atoms with E-state index >= 15 is 0 Å². The number of hydrogen-bond acceptors (Lipinski definition) is 3. The van der Waals surface area contributed by atoms with E-state index in [0.717, 1.165) is 0 Å². The summed E-state index contributed by atoms with van der Waals surface area (Å²) in [5.74, 6) is -1.01. The molecule has 1 unspecified atom stereocenters. The minimum absolute atomic E-state index is 0.00837. The van der Waals surface area contributed by atoms with E-state index in [4.69, 9.17) is 9.84 Å². The number of methoxy groups -OCH3 is 1. The van der Waals surface area contributed by atoms with Gasteiger partial charge in [-0.2, -0.15) is 0 Å². The zero-order valence-corrected chi connectivity index (χ0v) is 10.6. The molecular weight excluding hydrogens is 237 g/mol. The Morgan fingerprint density at radius 3 is 2.89 bits per heavy atom. The van der Waals surface area contributed by atoms with Crippen LogP contribution in [0.4, 0.5) is 4.39 Å². The molecule has 1 rings (SSSR count).